The molecule has 4 aromatic rings. The van der Waals surface area contributed by atoms with Gasteiger partial charge in [-0.15, -0.1) is 11.3 Å². The summed E-state index contributed by atoms with van der Waals surface area (Å²) in [5.74, 6) is 0.485. The van der Waals surface area contributed by atoms with Gasteiger partial charge in [0.2, 0.25) is 0 Å². The van der Waals surface area contributed by atoms with Gasteiger partial charge in [-0.2, -0.15) is 0 Å². The van der Waals surface area contributed by atoms with Crippen LogP contribution in [0.15, 0.2) is 78.9 Å². The third-order valence-electron chi connectivity index (χ3n) is 5.68. The van der Waals surface area contributed by atoms with Gasteiger partial charge in [0, 0.05) is 17.7 Å². The Morgan fingerprint density at radius 3 is 2.44 bits per heavy atom. The maximum atomic E-state index is 12.9. The minimum absolute atomic E-state index is 0.00868. The first-order chi connectivity index (χ1) is 15.7. The molecule has 1 fully saturated rings. The topological polar surface area (TPSA) is 59.5 Å². The van der Waals surface area contributed by atoms with Crippen LogP contribution in [0.5, 0.6) is 5.75 Å². The maximum absolute atomic E-state index is 12.9. The Balaban J connectivity index is 1.22. The fourth-order valence-corrected chi connectivity index (χ4v) is 5.16. The van der Waals surface area contributed by atoms with Crippen molar-refractivity contribution in [3.63, 3.8) is 0 Å². The predicted octanol–water partition coefficient (Wildman–Crippen LogP) is 5.27. The number of ketones is 1. The highest BCUT2D eigenvalue weighted by molar-refractivity contribution is 7.18. The summed E-state index contributed by atoms with van der Waals surface area (Å²) in [7, 11) is 0. The molecule has 1 aliphatic heterocycles. The fourth-order valence-electron chi connectivity index (χ4n) is 4.04. The number of hydrogen-bond donors (Lipinski definition) is 0. The second kappa shape index (κ2) is 8.93. The van der Waals surface area contributed by atoms with Crippen molar-refractivity contribution in [2.45, 2.75) is 18.9 Å². The number of hydrogen-bond acceptors (Lipinski definition) is 5. The third kappa shape index (κ3) is 4.14. The molecule has 1 amide bonds. The molecule has 5 nitrogen and oxygen atoms in total. The van der Waals surface area contributed by atoms with Gasteiger partial charge in [-0.3, -0.25) is 9.59 Å². The molecular formula is C26H22N2O3S. The van der Waals surface area contributed by atoms with E-state index in [2.05, 4.69) is 6.07 Å². The number of benzene rings is 3. The number of aromatic nitrogens is 1. The van der Waals surface area contributed by atoms with E-state index >= 15 is 0 Å². The number of rotatable bonds is 6. The van der Waals surface area contributed by atoms with E-state index in [4.69, 9.17) is 9.72 Å². The molecule has 0 radical (unpaired) electrons. The van der Waals surface area contributed by atoms with Crippen LogP contribution in [0, 0.1) is 0 Å². The van der Waals surface area contributed by atoms with Gasteiger partial charge in [-0.05, 0) is 49.2 Å². The summed E-state index contributed by atoms with van der Waals surface area (Å²) in [6.45, 7) is 0.681. The molecule has 0 saturated carbocycles. The average Bonchev–Trinajstić information content (AvgIpc) is 3.50. The van der Waals surface area contributed by atoms with Gasteiger partial charge < -0.3 is 9.64 Å². The van der Waals surface area contributed by atoms with Crippen LogP contribution in [0.1, 0.15) is 39.8 Å². The van der Waals surface area contributed by atoms with Crippen molar-refractivity contribution in [3.05, 3.63) is 95.0 Å². The Bertz CT molecular complexity index is 1220. The number of fused-ring (bicyclic) bond motifs is 1. The second-order valence-corrected chi connectivity index (χ2v) is 8.84. The van der Waals surface area contributed by atoms with E-state index in [-0.39, 0.29) is 24.3 Å². The summed E-state index contributed by atoms with van der Waals surface area (Å²) >= 11 is 1.65. The number of ether oxygens (including phenoxy) is 1. The van der Waals surface area contributed by atoms with Gasteiger partial charge in [0.1, 0.15) is 10.8 Å². The van der Waals surface area contributed by atoms with E-state index in [1.165, 1.54) is 0 Å². The van der Waals surface area contributed by atoms with Crippen LogP contribution in [-0.4, -0.2) is 34.7 Å². The lowest BCUT2D eigenvalue weighted by molar-refractivity contribution is -0.134. The lowest BCUT2D eigenvalue weighted by atomic mass is 10.0. The monoisotopic (exact) mass is 442 g/mol. The van der Waals surface area contributed by atoms with E-state index in [0.717, 1.165) is 28.1 Å². The lowest BCUT2D eigenvalue weighted by Gasteiger charge is -2.23. The minimum Gasteiger partial charge on any atom is -0.484 e. The van der Waals surface area contributed by atoms with Crippen molar-refractivity contribution in [2.75, 3.05) is 13.2 Å². The number of likely N-dealkylation sites (tertiary alicyclic amines) is 1. The van der Waals surface area contributed by atoms with Gasteiger partial charge >= 0.3 is 0 Å². The lowest BCUT2D eigenvalue weighted by Crippen LogP contribution is -2.34. The molecule has 1 unspecified atom stereocenters. The van der Waals surface area contributed by atoms with Crippen molar-refractivity contribution in [1.29, 1.82) is 0 Å². The number of para-hydroxylation sites is 1. The Labute approximate surface area is 190 Å². The van der Waals surface area contributed by atoms with Gasteiger partial charge in [0.25, 0.3) is 5.91 Å². The quantitative estimate of drug-likeness (QED) is 0.382. The standard InChI is InChI=1S/C26H22N2O3S/c29-24(28-16-6-10-22(28)26-27-21-9-4-5-11-23(21)32-26)17-31-20-14-12-19(13-15-20)25(30)18-7-2-1-3-8-18/h1-5,7-9,11-15,22H,6,10,16-17H2. The number of carbonyl (C=O) groups is 2. The smallest absolute Gasteiger partial charge is 0.261 e. The first-order valence-corrected chi connectivity index (χ1v) is 11.5. The zero-order valence-electron chi connectivity index (χ0n) is 17.4. The zero-order chi connectivity index (χ0) is 21.9. The summed E-state index contributed by atoms with van der Waals surface area (Å²) in [6, 6.07) is 24.2. The van der Waals surface area contributed by atoms with Gasteiger partial charge in [-0.25, -0.2) is 4.98 Å². The zero-order valence-corrected chi connectivity index (χ0v) is 18.3. The fraction of sp³-hybridized carbons (Fsp3) is 0.192. The first kappa shape index (κ1) is 20.4. The summed E-state index contributed by atoms with van der Waals surface area (Å²) in [4.78, 5) is 32.1. The molecule has 3 aromatic carbocycles. The van der Waals surface area contributed by atoms with Crippen molar-refractivity contribution < 1.29 is 14.3 Å². The summed E-state index contributed by atoms with van der Waals surface area (Å²) < 4.78 is 6.89. The average molecular weight is 443 g/mol. The molecule has 2 heterocycles. The number of nitrogens with zero attached hydrogens (tertiary/aromatic N) is 2. The van der Waals surface area contributed by atoms with Gasteiger partial charge in [-0.1, -0.05) is 42.5 Å². The van der Waals surface area contributed by atoms with E-state index in [1.54, 1.807) is 47.7 Å². The molecule has 1 aromatic heterocycles. The Kier molecular flexibility index (Phi) is 5.69. The van der Waals surface area contributed by atoms with E-state index in [9.17, 15) is 9.59 Å². The maximum Gasteiger partial charge on any atom is 0.261 e. The van der Waals surface area contributed by atoms with E-state index < -0.39 is 0 Å². The van der Waals surface area contributed by atoms with Crippen molar-refractivity contribution >= 4 is 33.2 Å². The van der Waals surface area contributed by atoms with Crippen LogP contribution in [0.3, 0.4) is 0 Å². The molecule has 1 atom stereocenters. The van der Waals surface area contributed by atoms with E-state index in [1.807, 2.05) is 41.3 Å². The molecule has 1 saturated heterocycles. The predicted molar refractivity (Wildman–Crippen MR) is 125 cm³/mol. The Hall–Kier alpha value is -3.51. The van der Waals surface area contributed by atoms with E-state index in [0.29, 0.717) is 23.4 Å². The minimum atomic E-state index is -0.0452. The molecule has 0 aliphatic carbocycles. The van der Waals surface area contributed by atoms with Crippen molar-refractivity contribution in [3.8, 4) is 5.75 Å². The van der Waals surface area contributed by atoms with Crippen LogP contribution in [0.25, 0.3) is 10.2 Å². The molecule has 6 heteroatoms. The normalized spacial score (nSPS) is 15.8. The van der Waals surface area contributed by atoms with Crippen LogP contribution in [0.4, 0.5) is 0 Å². The molecule has 32 heavy (non-hydrogen) atoms. The number of thiazole rings is 1. The second-order valence-electron chi connectivity index (χ2n) is 7.77. The summed E-state index contributed by atoms with van der Waals surface area (Å²) in [6.07, 6.45) is 1.88. The van der Waals surface area contributed by atoms with Crippen LogP contribution in [0.2, 0.25) is 0 Å². The van der Waals surface area contributed by atoms with Crippen molar-refractivity contribution in [2.24, 2.45) is 0 Å². The Morgan fingerprint density at radius 2 is 1.66 bits per heavy atom. The number of amides is 1. The highest BCUT2D eigenvalue weighted by Gasteiger charge is 2.32. The third-order valence-corrected chi connectivity index (χ3v) is 6.82. The highest BCUT2D eigenvalue weighted by atomic mass is 32.1. The van der Waals surface area contributed by atoms with Crippen molar-refractivity contribution in [1.82, 2.24) is 9.88 Å². The largest absolute Gasteiger partial charge is 0.484 e. The summed E-state index contributed by atoms with van der Waals surface area (Å²) in [5.41, 5.74) is 2.21. The molecule has 0 N–H and O–H groups in total. The molecule has 0 bridgehead atoms. The van der Waals surface area contributed by atoms with Crippen LogP contribution < -0.4 is 4.74 Å². The molecular weight excluding hydrogens is 420 g/mol. The van der Waals surface area contributed by atoms with Crippen LogP contribution in [-0.2, 0) is 4.79 Å². The number of carbonyl (C=O) groups excluding carboxylic acids is 2. The van der Waals surface area contributed by atoms with Gasteiger partial charge in [0.15, 0.2) is 12.4 Å². The molecule has 0 spiro atoms. The first-order valence-electron chi connectivity index (χ1n) is 10.7. The van der Waals surface area contributed by atoms with Gasteiger partial charge in [0.05, 0.1) is 16.3 Å². The molecule has 5 rings (SSSR count). The van der Waals surface area contributed by atoms with Crippen LogP contribution >= 0.6 is 11.3 Å². The highest BCUT2D eigenvalue weighted by Crippen LogP contribution is 2.36. The SMILES string of the molecule is O=C(c1ccccc1)c1ccc(OCC(=O)N2CCCC2c2nc3ccccc3s2)cc1. The summed E-state index contributed by atoms with van der Waals surface area (Å²) in [5, 5.41) is 0.987. The molecule has 160 valence electrons. The Morgan fingerprint density at radius 1 is 0.938 bits per heavy atom. The molecule has 1 aliphatic rings.